The zero-order valence-corrected chi connectivity index (χ0v) is 15.7. The molecular formula is C14H13ClF2N2O4S2. The summed E-state index contributed by atoms with van der Waals surface area (Å²) in [5.74, 6) is -2.75. The molecule has 1 amide bonds. The van der Waals surface area contributed by atoms with Crippen LogP contribution in [0.4, 0.5) is 19.4 Å². The SMILES string of the molecule is CC(C)(C)OC(=O)N(c1ncsc1Cl)S(=O)(=O)c1ccc(F)cc1F. The van der Waals surface area contributed by atoms with Gasteiger partial charge in [-0.25, -0.2) is 27.0 Å². The Hall–Kier alpha value is -1.78. The van der Waals surface area contributed by atoms with Crippen molar-refractivity contribution in [1.82, 2.24) is 4.98 Å². The van der Waals surface area contributed by atoms with Gasteiger partial charge in [0.15, 0.2) is 5.82 Å². The average Bonchev–Trinajstić information content (AvgIpc) is 2.82. The number of nitrogens with zero attached hydrogens (tertiary/aromatic N) is 2. The number of amides is 1. The molecule has 0 bridgehead atoms. The number of thiazole rings is 1. The summed E-state index contributed by atoms with van der Waals surface area (Å²) in [4.78, 5) is 15.3. The predicted octanol–water partition coefficient (Wildman–Crippen LogP) is 4.21. The Labute approximate surface area is 152 Å². The summed E-state index contributed by atoms with van der Waals surface area (Å²) in [6.45, 7) is 4.57. The first-order valence-electron chi connectivity index (χ1n) is 6.76. The fourth-order valence-electron chi connectivity index (χ4n) is 1.74. The Balaban J connectivity index is 2.62. The smallest absolute Gasteiger partial charge is 0.430 e. The molecule has 0 aliphatic rings. The summed E-state index contributed by atoms with van der Waals surface area (Å²) in [6, 6.07) is 1.85. The van der Waals surface area contributed by atoms with Crippen LogP contribution in [0.25, 0.3) is 0 Å². The van der Waals surface area contributed by atoms with Gasteiger partial charge in [0.05, 0.1) is 5.51 Å². The van der Waals surface area contributed by atoms with E-state index in [1.807, 2.05) is 0 Å². The first kappa shape index (κ1) is 19.5. The van der Waals surface area contributed by atoms with Crippen molar-refractivity contribution < 1.29 is 26.7 Å². The Morgan fingerprint density at radius 1 is 1.32 bits per heavy atom. The van der Waals surface area contributed by atoms with Crippen LogP contribution in [0.1, 0.15) is 20.8 Å². The molecule has 2 aromatic rings. The van der Waals surface area contributed by atoms with E-state index in [-0.39, 0.29) is 8.64 Å². The number of hydrogen-bond acceptors (Lipinski definition) is 6. The fraction of sp³-hybridized carbons (Fsp3) is 0.286. The molecule has 0 atom stereocenters. The van der Waals surface area contributed by atoms with Crippen LogP contribution in [0.3, 0.4) is 0 Å². The highest BCUT2D eigenvalue weighted by molar-refractivity contribution is 7.93. The zero-order chi connectivity index (χ0) is 19.0. The van der Waals surface area contributed by atoms with E-state index in [9.17, 15) is 22.0 Å². The van der Waals surface area contributed by atoms with Crippen molar-refractivity contribution in [2.75, 3.05) is 4.31 Å². The molecule has 1 aromatic carbocycles. The normalized spacial score (nSPS) is 12.1. The van der Waals surface area contributed by atoms with Gasteiger partial charge in [-0.15, -0.1) is 15.6 Å². The lowest BCUT2D eigenvalue weighted by Crippen LogP contribution is -2.41. The maximum absolute atomic E-state index is 14.0. The minimum Gasteiger partial charge on any atom is -0.443 e. The van der Waals surface area contributed by atoms with Crippen LogP contribution in [0.2, 0.25) is 4.34 Å². The molecule has 1 aromatic heterocycles. The maximum Gasteiger partial charge on any atom is 0.430 e. The van der Waals surface area contributed by atoms with Crippen molar-refractivity contribution >= 4 is 44.9 Å². The highest BCUT2D eigenvalue weighted by atomic mass is 35.5. The summed E-state index contributed by atoms with van der Waals surface area (Å²) >= 11 is 6.77. The summed E-state index contributed by atoms with van der Waals surface area (Å²) in [6.07, 6.45) is -1.32. The molecule has 11 heteroatoms. The number of ether oxygens (including phenoxy) is 1. The summed E-state index contributed by atoms with van der Waals surface area (Å²) in [5, 5.41) is 0. The Bertz CT molecular complexity index is 910. The second-order valence-electron chi connectivity index (χ2n) is 5.77. The standard InChI is InChI=1S/C14H13ClF2N2O4S2/c1-14(2,3)23-13(20)19(12-11(15)24-7-18-12)25(21,22)10-5-4-8(16)6-9(10)17/h4-7H,1-3H3. The maximum atomic E-state index is 14.0. The number of carbonyl (C=O) groups is 1. The molecule has 0 spiro atoms. The fourth-order valence-corrected chi connectivity index (χ4v) is 3.94. The molecule has 0 aliphatic carbocycles. The molecule has 0 saturated heterocycles. The van der Waals surface area contributed by atoms with Gasteiger partial charge in [-0.05, 0) is 32.9 Å². The molecule has 0 unspecified atom stereocenters. The van der Waals surface area contributed by atoms with Crippen LogP contribution in [-0.2, 0) is 14.8 Å². The van der Waals surface area contributed by atoms with Crippen molar-refractivity contribution in [3.63, 3.8) is 0 Å². The van der Waals surface area contributed by atoms with Crippen LogP contribution in [0.15, 0.2) is 28.6 Å². The predicted molar refractivity (Wildman–Crippen MR) is 89.4 cm³/mol. The zero-order valence-electron chi connectivity index (χ0n) is 13.3. The van der Waals surface area contributed by atoms with Gasteiger partial charge in [0, 0.05) is 6.07 Å². The third kappa shape index (κ3) is 4.25. The van der Waals surface area contributed by atoms with E-state index in [4.69, 9.17) is 16.3 Å². The summed E-state index contributed by atoms with van der Waals surface area (Å²) < 4.78 is 57.8. The molecule has 1 heterocycles. The van der Waals surface area contributed by atoms with Crippen LogP contribution in [0.5, 0.6) is 0 Å². The minimum atomic E-state index is -4.79. The lowest BCUT2D eigenvalue weighted by atomic mass is 10.2. The van der Waals surface area contributed by atoms with Gasteiger partial charge in [0.25, 0.3) is 10.0 Å². The highest BCUT2D eigenvalue weighted by Crippen LogP contribution is 2.34. The van der Waals surface area contributed by atoms with Gasteiger partial charge in [-0.2, -0.15) is 0 Å². The molecule has 0 radical (unpaired) electrons. The summed E-state index contributed by atoms with van der Waals surface area (Å²) in [7, 11) is -4.79. The first-order chi connectivity index (χ1) is 11.4. The van der Waals surface area contributed by atoms with E-state index < -0.39 is 44.1 Å². The number of halogens is 3. The van der Waals surface area contributed by atoms with E-state index in [1.165, 1.54) is 26.3 Å². The van der Waals surface area contributed by atoms with Gasteiger partial charge in [0.1, 0.15) is 26.5 Å². The average molecular weight is 411 g/mol. The first-order valence-corrected chi connectivity index (χ1v) is 9.45. The molecule has 0 aliphatic heterocycles. The van der Waals surface area contributed by atoms with Gasteiger partial charge in [-0.1, -0.05) is 11.6 Å². The summed E-state index contributed by atoms with van der Waals surface area (Å²) in [5.41, 5.74) is 0.181. The molecule has 0 fully saturated rings. The van der Waals surface area contributed by atoms with Crippen molar-refractivity contribution in [1.29, 1.82) is 0 Å². The van der Waals surface area contributed by atoms with Crippen molar-refractivity contribution in [2.45, 2.75) is 31.3 Å². The lowest BCUT2D eigenvalue weighted by molar-refractivity contribution is 0.0608. The van der Waals surface area contributed by atoms with Crippen LogP contribution in [-0.4, -0.2) is 25.1 Å². The van der Waals surface area contributed by atoms with Crippen molar-refractivity contribution in [3.05, 3.63) is 39.7 Å². The van der Waals surface area contributed by atoms with Crippen LogP contribution in [0, 0.1) is 11.6 Å². The quantitative estimate of drug-likeness (QED) is 0.757. The molecule has 136 valence electrons. The number of benzene rings is 1. The third-order valence-electron chi connectivity index (χ3n) is 2.67. The van der Waals surface area contributed by atoms with Crippen molar-refractivity contribution in [3.8, 4) is 0 Å². The van der Waals surface area contributed by atoms with Crippen molar-refractivity contribution in [2.24, 2.45) is 0 Å². The minimum absolute atomic E-state index is 0.114. The molecule has 0 saturated carbocycles. The second kappa shape index (κ2) is 6.85. The molecule has 2 rings (SSSR count). The number of aromatic nitrogens is 1. The molecular weight excluding hydrogens is 398 g/mol. The largest absolute Gasteiger partial charge is 0.443 e. The van der Waals surface area contributed by atoms with Crippen LogP contribution < -0.4 is 4.31 Å². The lowest BCUT2D eigenvalue weighted by Gasteiger charge is -2.26. The van der Waals surface area contributed by atoms with Gasteiger partial charge in [-0.3, -0.25) is 0 Å². The number of sulfonamides is 1. The van der Waals surface area contributed by atoms with E-state index >= 15 is 0 Å². The Kier molecular flexibility index (Phi) is 5.35. The third-order valence-corrected chi connectivity index (χ3v) is 5.40. The highest BCUT2D eigenvalue weighted by Gasteiger charge is 2.39. The monoisotopic (exact) mass is 410 g/mol. The van der Waals surface area contributed by atoms with Gasteiger partial charge in [0.2, 0.25) is 0 Å². The van der Waals surface area contributed by atoms with E-state index in [0.29, 0.717) is 12.1 Å². The topological polar surface area (TPSA) is 76.6 Å². The van der Waals surface area contributed by atoms with E-state index in [1.54, 1.807) is 0 Å². The van der Waals surface area contributed by atoms with E-state index in [2.05, 4.69) is 4.98 Å². The van der Waals surface area contributed by atoms with Gasteiger partial charge >= 0.3 is 6.09 Å². The van der Waals surface area contributed by atoms with Gasteiger partial charge < -0.3 is 4.74 Å². The molecule has 0 N–H and O–H groups in total. The Morgan fingerprint density at radius 2 is 1.96 bits per heavy atom. The molecule has 25 heavy (non-hydrogen) atoms. The van der Waals surface area contributed by atoms with Crippen LogP contribution >= 0.6 is 22.9 Å². The number of carbonyl (C=O) groups excluding carboxylic acids is 1. The molecule has 6 nitrogen and oxygen atoms in total. The number of anilines is 1. The van der Waals surface area contributed by atoms with E-state index in [0.717, 1.165) is 17.4 Å². The number of rotatable bonds is 3. The number of hydrogen-bond donors (Lipinski definition) is 0. The Morgan fingerprint density at radius 3 is 2.44 bits per heavy atom. The second-order valence-corrected chi connectivity index (χ2v) is 8.99.